The fraction of sp³-hybridized carbons (Fsp3) is 0.333. The van der Waals surface area contributed by atoms with E-state index in [-0.39, 0.29) is 6.61 Å². The van der Waals surface area contributed by atoms with Crippen molar-refractivity contribution in [1.29, 1.82) is 0 Å². The molecule has 1 aromatic carbocycles. The molecule has 1 aliphatic rings. The summed E-state index contributed by atoms with van der Waals surface area (Å²) in [5.74, 6) is 0. The summed E-state index contributed by atoms with van der Waals surface area (Å²) in [5, 5.41) is 8.93. The van der Waals surface area contributed by atoms with Crippen LogP contribution in [0.5, 0.6) is 0 Å². The Morgan fingerprint density at radius 1 is 1.33 bits per heavy atom. The van der Waals surface area contributed by atoms with Gasteiger partial charge in [-0.25, -0.2) is 0 Å². The lowest BCUT2D eigenvalue weighted by molar-refractivity contribution is 0.134. The molecule has 0 aromatic heterocycles. The van der Waals surface area contributed by atoms with Crippen molar-refractivity contribution in [3.8, 4) is 0 Å². The summed E-state index contributed by atoms with van der Waals surface area (Å²) in [6.07, 6.45) is 0. The Balaban J connectivity index is 2.49. The number of hydrogen-bond donors (Lipinski definition) is 2. The van der Waals surface area contributed by atoms with Crippen LogP contribution in [-0.4, -0.2) is 5.11 Å². The van der Waals surface area contributed by atoms with Crippen molar-refractivity contribution in [2.24, 2.45) is 0 Å². The van der Waals surface area contributed by atoms with Crippen molar-refractivity contribution in [2.75, 3.05) is 5.73 Å². The van der Waals surface area contributed by atoms with Crippen LogP contribution in [0.15, 0.2) is 12.1 Å². The van der Waals surface area contributed by atoms with Crippen molar-refractivity contribution in [3.63, 3.8) is 0 Å². The zero-order valence-corrected chi connectivity index (χ0v) is 6.71. The molecule has 2 rings (SSSR count). The number of aliphatic hydroxyl groups excluding tert-OH is 1. The number of fused-ring (bicyclic) bond motifs is 1. The van der Waals surface area contributed by atoms with Gasteiger partial charge in [-0.05, 0) is 23.3 Å². The molecule has 0 radical (unpaired) electrons. The van der Waals surface area contributed by atoms with Crippen LogP contribution in [0.2, 0.25) is 0 Å². The normalized spacial score (nSPS) is 14.8. The van der Waals surface area contributed by atoms with E-state index < -0.39 is 0 Å². The minimum atomic E-state index is -0.000880. The Hall–Kier alpha value is -1.06. The van der Waals surface area contributed by atoms with E-state index in [4.69, 9.17) is 15.6 Å². The Morgan fingerprint density at radius 2 is 2.00 bits per heavy atom. The van der Waals surface area contributed by atoms with E-state index in [0.717, 1.165) is 16.7 Å². The second-order valence-corrected chi connectivity index (χ2v) is 2.97. The number of benzene rings is 1. The molecule has 12 heavy (non-hydrogen) atoms. The number of nitrogen functional groups attached to an aromatic ring is 1. The van der Waals surface area contributed by atoms with Gasteiger partial charge >= 0.3 is 0 Å². The highest BCUT2D eigenvalue weighted by molar-refractivity contribution is 5.52. The molecule has 1 aromatic rings. The highest BCUT2D eigenvalue weighted by Gasteiger charge is 2.13. The van der Waals surface area contributed by atoms with Gasteiger partial charge in [0.15, 0.2) is 0 Å². The summed E-state index contributed by atoms with van der Waals surface area (Å²) in [5.41, 5.74) is 9.42. The summed E-state index contributed by atoms with van der Waals surface area (Å²) in [6, 6.07) is 3.80. The first-order valence-corrected chi connectivity index (χ1v) is 3.90. The molecule has 0 amide bonds. The lowest BCUT2D eigenvalue weighted by atomic mass is 10.0. The summed E-state index contributed by atoms with van der Waals surface area (Å²) in [6.45, 7) is 1.28. The van der Waals surface area contributed by atoms with Crippen molar-refractivity contribution < 1.29 is 9.84 Å². The molecule has 0 fully saturated rings. The third-order valence-electron chi connectivity index (χ3n) is 2.15. The SMILES string of the molecule is Nc1cc2c(cc1CO)COC2. The maximum Gasteiger partial charge on any atom is 0.0725 e. The van der Waals surface area contributed by atoms with Crippen LogP contribution in [0.1, 0.15) is 16.7 Å². The van der Waals surface area contributed by atoms with E-state index in [1.165, 1.54) is 0 Å². The molecular formula is C9H11NO2. The summed E-state index contributed by atoms with van der Waals surface area (Å²) in [4.78, 5) is 0. The average molecular weight is 165 g/mol. The highest BCUT2D eigenvalue weighted by Crippen LogP contribution is 2.25. The lowest BCUT2D eigenvalue weighted by Gasteiger charge is -2.04. The third-order valence-corrected chi connectivity index (χ3v) is 2.15. The molecule has 0 saturated heterocycles. The number of anilines is 1. The molecule has 3 heteroatoms. The van der Waals surface area contributed by atoms with Gasteiger partial charge in [-0.2, -0.15) is 0 Å². The van der Waals surface area contributed by atoms with Gasteiger partial charge in [0.1, 0.15) is 0 Å². The van der Waals surface area contributed by atoms with Crippen LogP contribution in [-0.2, 0) is 24.6 Å². The van der Waals surface area contributed by atoms with E-state index in [2.05, 4.69) is 0 Å². The number of rotatable bonds is 1. The van der Waals surface area contributed by atoms with E-state index in [1.54, 1.807) is 0 Å². The molecule has 0 saturated carbocycles. The number of nitrogens with two attached hydrogens (primary N) is 1. The number of aliphatic hydroxyl groups is 1. The van der Waals surface area contributed by atoms with Crippen LogP contribution in [0, 0.1) is 0 Å². The van der Waals surface area contributed by atoms with Crippen LogP contribution in [0.4, 0.5) is 5.69 Å². The van der Waals surface area contributed by atoms with Crippen LogP contribution in [0.25, 0.3) is 0 Å². The van der Waals surface area contributed by atoms with Crippen molar-refractivity contribution in [2.45, 2.75) is 19.8 Å². The average Bonchev–Trinajstić information content (AvgIpc) is 2.49. The van der Waals surface area contributed by atoms with E-state index >= 15 is 0 Å². The second kappa shape index (κ2) is 2.77. The summed E-state index contributed by atoms with van der Waals surface area (Å²) >= 11 is 0. The predicted molar refractivity (Wildman–Crippen MR) is 45.3 cm³/mol. The van der Waals surface area contributed by atoms with E-state index in [1.807, 2.05) is 12.1 Å². The van der Waals surface area contributed by atoms with E-state index in [9.17, 15) is 0 Å². The zero-order chi connectivity index (χ0) is 8.55. The summed E-state index contributed by atoms with van der Waals surface area (Å²) < 4.78 is 5.23. The molecule has 3 N–H and O–H groups in total. The molecule has 1 heterocycles. The Kier molecular flexibility index (Phi) is 1.75. The van der Waals surface area contributed by atoms with E-state index in [0.29, 0.717) is 18.9 Å². The van der Waals surface area contributed by atoms with Gasteiger partial charge in [0.05, 0.1) is 19.8 Å². The van der Waals surface area contributed by atoms with Crippen molar-refractivity contribution >= 4 is 5.69 Å². The van der Waals surface area contributed by atoms with Crippen LogP contribution < -0.4 is 5.73 Å². The first-order chi connectivity index (χ1) is 5.81. The molecule has 3 nitrogen and oxygen atoms in total. The number of hydrogen-bond acceptors (Lipinski definition) is 3. The van der Waals surface area contributed by atoms with Gasteiger partial charge < -0.3 is 15.6 Å². The van der Waals surface area contributed by atoms with Crippen molar-refractivity contribution in [1.82, 2.24) is 0 Å². The molecule has 0 bridgehead atoms. The topological polar surface area (TPSA) is 55.5 Å². The summed E-state index contributed by atoms with van der Waals surface area (Å²) in [7, 11) is 0. The van der Waals surface area contributed by atoms with Gasteiger partial charge in [-0.1, -0.05) is 0 Å². The fourth-order valence-corrected chi connectivity index (χ4v) is 1.44. The fourth-order valence-electron chi connectivity index (χ4n) is 1.44. The zero-order valence-electron chi connectivity index (χ0n) is 6.71. The highest BCUT2D eigenvalue weighted by atomic mass is 16.5. The minimum absolute atomic E-state index is 0.000880. The minimum Gasteiger partial charge on any atom is -0.398 e. The molecule has 0 atom stereocenters. The van der Waals surface area contributed by atoms with Gasteiger partial charge in [-0.3, -0.25) is 0 Å². The smallest absolute Gasteiger partial charge is 0.0725 e. The van der Waals surface area contributed by atoms with Gasteiger partial charge in [-0.15, -0.1) is 0 Å². The monoisotopic (exact) mass is 165 g/mol. The van der Waals surface area contributed by atoms with Crippen molar-refractivity contribution in [3.05, 3.63) is 28.8 Å². The first kappa shape index (κ1) is 7.58. The first-order valence-electron chi connectivity index (χ1n) is 3.90. The molecular weight excluding hydrogens is 154 g/mol. The van der Waals surface area contributed by atoms with Gasteiger partial charge in [0.25, 0.3) is 0 Å². The maximum atomic E-state index is 8.93. The molecule has 0 aliphatic carbocycles. The van der Waals surface area contributed by atoms with Gasteiger partial charge in [0.2, 0.25) is 0 Å². The van der Waals surface area contributed by atoms with Gasteiger partial charge in [0, 0.05) is 11.3 Å². The third kappa shape index (κ3) is 1.07. The predicted octanol–water partition coefficient (Wildman–Crippen LogP) is 0.791. The Bertz CT molecular complexity index is 309. The standard InChI is InChI=1S/C9H11NO2/c10-9-2-8-5-12-4-7(8)1-6(9)3-11/h1-2,11H,3-5,10H2. The quantitative estimate of drug-likeness (QED) is 0.605. The van der Waals surface area contributed by atoms with Crippen LogP contribution >= 0.6 is 0 Å². The molecule has 64 valence electrons. The number of ether oxygens (including phenoxy) is 1. The molecule has 0 spiro atoms. The Labute approximate surface area is 70.8 Å². The molecule has 0 unspecified atom stereocenters. The largest absolute Gasteiger partial charge is 0.398 e. The Morgan fingerprint density at radius 3 is 2.67 bits per heavy atom. The molecule has 1 aliphatic heterocycles. The van der Waals surface area contributed by atoms with Crippen LogP contribution in [0.3, 0.4) is 0 Å². The lowest BCUT2D eigenvalue weighted by Crippen LogP contribution is -1.96. The maximum absolute atomic E-state index is 8.93. The second-order valence-electron chi connectivity index (χ2n) is 2.97.